The van der Waals surface area contributed by atoms with Crippen molar-refractivity contribution >= 4 is 28.9 Å². The maximum Gasteiger partial charge on any atom is 0.224 e. The first-order valence-corrected chi connectivity index (χ1v) is 10.3. The molecule has 0 radical (unpaired) electrons. The van der Waals surface area contributed by atoms with Crippen LogP contribution in [0.2, 0.25) is 5.02 Å². The van der Waals surface area contributed by atoms with E-state index in [-0.39, 0.29) is 18.0 Å². The van der Waals surface area contributed by atoms with E-state index in [9.17, 15) is 4.79 Å². The van der Waals surface area contributed by atoms with Gasteiger partial charge in [-0.3, -0.25) is 4.79 Å². The van der Waals surface area contributed by atoms with Gasteiger partial charge in [-0.2, -0.15) is 0 Å². The van der Waals surface area contributed by atoms with E-state index in [0.29, 0.717) is 10.9 Å². The number of halogens is 1. The van der Waals surface area contributed by atoms with Gasteiger partial charge < -0.3 is 15.0 Å². The van der Waals surface area contributed by atoms with Gasteiger partial charge in [0.2, 0.25) is 11.8 Å². The molecule has 2 atom stereocenters. The predicted octanol–water partition coefficient (Wildman–Crippen LogP) is 5.71. The van der Waals surface area contributed by atoms with Gasteiger partial charge in [-0.25, -0.2) is 4.98 Å². The van der Waals surface area contributed by atoms with Crippen molar-refractivity contribution in [2.75, 3.05) is 17.3 Å². The summed E-state index contributed by atoms with van der Waals surface area (Å²) in [6.07, 6.45) is 2.61. The third kappa shape index (κ3) is 3.98. The number of carbonyl (C=O) groups is 1. The second-order valence-corrected chi connectivity index (χ2v) is 7.98. The Kier molecular flexibility index (Phi) is 5.64. The quantitative estimate of drug-likeness (QED) is 0.586. The monoisotopic (exact) mass is 421 g/mol. The molecule has 5 nitrogen and oxygen atoms in total. The molecule has 30 heavy (non-hydrogen) atoms. The third-order valence-electron chi connectivity index (χ3n) is 5.48. The first kappa shape index (κ1) is 20.2. The molecule has 4 rings (SSSR count). The van der Waals surface area contributed by atoms with Gasteiger partial charge in [-0.05, 0) is 66.9 Å². The van der Waals surface area contributed by atoms with E-state index in [0.717, 1.165) is 34.5 Å². The molecule has 6 heteroatoms. The highest BCUT2D eigenvalue weighted by molar-refractivity contribution is 6.30. The number of amides is 1. The van der Waals surface area contributed by atoms with E-state index in [1.807, 2.05) is 53.4 Å². The number of carbonyl (C=O) groups excluding carboxylic acids is 1. The van der Waals surface area contributed by atoms with Crippen molar-refractivity contribution in [2.45, 2.75) is 32.4 Å². The minimum absolute atomic E-state index is 0.0487. The standard InChI is InChI=1S/C24H24ClN3O2/c1-15-12-22(27-20-8-6-19(25)7-9-20)21-13-17(4-10-23(21)28(15)16(2)29)18-5-11-24(30-3)26-14-18/h4-11,13-15,22,27H,12H2,1-3H3/t15-,22+/m1/s1. The van der Waals surface area contributed by atoms with Crippen molar-refractivity contribution in [1.29, 1.82) is 0 Å². The van der Waals surface area contributed by atoms with Gasteiger partial charge in [-0.15, -0.1) is 0 Å². The number of pyridine rings is 1. The molecular formula is C24H24ClN3O2. The highest BCUT2D eigenvalue weighted by Gasteiger charge is 2.32. The topological polar surface area (TPSA) is 54.5 Å². The summed E-state index contributed by atoms with van der Waals surface area (Å²) in [6, 6.07) is 17.9. The highest BCUT2D eigenvalue weighted by Crippen LogP contribution is 2.41. The molecule has 0 unspecified atom stereocenters. The minimum Gasteiger partial charge on any atom is -0.481 e. The molecule has 1 aliphatic heterocycles. The summed E-state index contributed by atoms with van der Waals surface area (Å²) in [7, 11) is 1.60. The Hall–Kier alpha value is -3.05. The number of ether oxygens (including phenoxy) is 1. The number of rotatable bonds is 4. The lowest BCUT2D eigenvalue weighted by atomic mass is 9.89. The Morgan fingerprint density at radius 1 is 1.13 bits per heavy atom. The molecule has 0 saturated carbocycles. The molecular weight excluding hydrogens is 398 g/mol. The van der Waals surface area contributed by atoms with Gasteiger partial charge in [-0.1, -0.05) is 17.7 Å². The smallest absolute Gasteiger partial charge is 0.224 e. The van der Waals surface area contributed by atoms with Crippen molar-refractivity contribution in [3.63, 3.8) is 0 Å². The maximum absolute atomic E-state index is 12.4. The molecule has 2 heterocycles. The van der Waals surface area contributed by atoms with Crippen molar-refractivity contribution < 1.29 is 9.53 Å². The number of methoxy groups -OCH3 is 1. The van der Waals surface area contributed by atoms with Crippen LogP contribution in [0.4, 0.5) is 11.4 Å². The molecule has 0 bridgehead atoms. The fraction of sp³-hybridized carbons (Fsp3) is 0.250. The van der Waals surface area contributed by atoms with Gasteiger partial charge in [0.1, 0.15) is 0 Å². The Morgan fingerprint density at radius 2 is 1.87 bits per heavy atom. The van der Waals surface area contributed by atoms with Crippen LogP contribution in [-0.4, -0.2) is 24.0 Å². The normalized spacial score (nSPS) is 17.9. The van der Waals surface area contributed by atoms with Gasteiger partial charge >= 0.3 is 0 Å². The zero-order valence-electron chi connectivity index (χ0n) is 17.2. The van der Waals surface area contributed by atoms with Crippen LogP contribution in [0.5, 0.6) is 5.88 Å². The van der Waals surface area contributed by atoms with Crippen LogP contribution < -0.4 is 15.0 Å². The van der Waals surface area contributed by atoms with Crippen LogP contribution in [0.25, 0.3) is 11.1 Å². The van der Waals surface area contributed by atoms with Gasteiger partial charge in [0.25, 0.3) is 0 Å². The number of nitrogens with zero attached hydrogens (tertiary/aromatic N) is 2. The molecule has 1 aliphatic rings. The molecule has 0 spiro atoms. The summed E-state index contributed by atoms with van der Waals surface area (Å²) in [5.41, 5.74) is 5.07. The molecule has 3 aromatic rings. The number of nitrogens with one attached hydrogen (secondary N) is 1. The summed E-state index contributed by atoms with van der Waals surface area (Å²) in [6.45, 7) is 3.71. The van der Waals surface area contributed by atoms with E-state index in [1.165, 1.54) is 0 Å². The number of aromatic nitrogens is 1. The SMILES string of the molecule is COc1ccc(-c2ccc3c(c2)[C@@H](Nc2ccc(Cl)cc2)C[C@@H](C)N3C(C)=O)cn1. The first-order chi connectivity index (χ1) is 14.5. The van der Waals surface area contributed by atoms with Gasteiger partial charge in [0.05, 0.1) is 13.2 Å². The average molecular weight is 422 g/mol. The molecule has 1 aromatic heterocycles. The van der Waals surface area contributed by atoms with E-state index < -0.39 is 0 Å². The van der Waals surface area contributed by atoms with Crippen molar-refractivity contribution in [3.05, 3.63) is 71.4 Å². The predicted molar refractivity (Wildman–Crippen MR) is 121 cm³/mol. The number of hydrogen-bond donors (Lipinski definition) is 1. The lowest BCUT2D eigenvalue weighted by Crippen LogP contribution is -2.43. The van der Waals surface area contributed by atoms with E-state index in [2.05, 4.69) is 23.3 Å². The Balaban J connectivity index is 1.75. The molecule has 0 aliphatic carbocycles. The van der Waals surface area contributed by atoms with Crippen LogP contribution in [0.15, 0.2) is 60.8 Å². The molecule has 0 fully saturated rings. The van der Waals surface area contributed by atoms with Crippen molar-refractivity contribution in [2.24, 2.45) is 0 Å². The number of anilines is 2. The Bertz CT molecular complexity index is 1050. The zero-order chi connectivity index (χ0) is 21.3. The fourth-order valence-electron chi connectivity index (χ4n) is 4.08. The first-order valence-electron chi connectivity index (χ1n) is 9.92. The van der Waals surface area contributed by atoms with E-state index >= 15 is 0 Å². The second-order valence-electron chi connectivity index (χ2n) is 7.54. The van der Waals surface area contributed by atoms with E-state index in [1.54, 1.807) is 20.2 Å². The number of benzene rings is 2. The number of fused-ring (bicyclic) bond motifs is 1. The maximum atomic E-state index is 12.4. The highest BCUT2D eigenvalue weighted by atomic mass is 35.5. The molecule has 1 N–H and O–H groups in total. The van der Waals surface area contributed by atoms with Crippen molar-refractivity contribution in [3.8, 4) is 17.0 Å². The van der Waals surface area contributed by atoms with Crippen molar-refractivity contribution in [1.82, 2.24) is 4.98 Å². The van der Waals surface area contributed by atoms with E-state index in [4.69, 9.17) is 16.3 Å². The van der Waals surface area contributed by atoms with Crippen LogP contribution in [-0.2, 0) is 4.79 Å². The summed E-state index contributed by atoms with van der Waals surface area (Å²) in [4.78, 5) is 18.6. The summed E-state index contributed by atoms with van der Waals surface area (Å²) < 4.78 is 5.16. The van der Waals surface area contributed by atoms with Crippen LogP contribution >= 0.6 is 11.6 Å². The minimum atomic E-state index is 0.0487. The van der Waals surface area contributed by atoms with Crippen LogP contribution in [0.3, 0.4) is 0 Å². The third-order valence-corrected chi connectivity index (χ3v) is 5.74. The molecule has 154 valence electrons. The fourth-order valence-corrected chi connectivity index (χ4v) is 4.21. The summed E-state index contributed by atoms with van der Waals surface area (Å²) in [5, 5.41) is 4.32. The lowest BCUT2D eigenvalue weighted by molar-refractivity contribution is -0.117. The Labute approximate surface area is 181 Å². The number of hydrogen-bond acceptors (Lipinski definition) is 4. The average Bonchev–Trinajstić information content (AvgIpc) is 2.75. The summed E-state index contributed by atoms with van der Waals surface area (Å²) >= 11 is 6.04. The molecule has 0 saturated heterocycles. The molecule has 1 amide bonds. The Morgan fingerprint density at radius 3 is 2.50 bits per heavy atom. The lowest BCUT2D eigenvalue weighted by Gasteiger charge is -2.39. The zero-order valence-corrected chi connectivity index (χ0v) is 18.0. The molecule has 2 aromatic carbocycles. The largest absolute Gasteiger partial charge is 0.481 e. The van der Waals surface area contributed by atoms with Crippen LogP contribution in [0.1, 0.15) is 31.9 Å². The van der Waals surface area contributed by atoms with Gasteiger partial charge in [0.15, 0.2) is 0 Å². The van der Waals surface area contributed by atoms with Crippen LogP contribution in [0, 0.1) is 0 Å². The summed E-state index contributed by atoms with van der Waals surface area (Å²) in [5.74, 6) is 0.628. The second kappa shape index (κ2) is 8.36. The van der Waals surface area contributed by atoms with Gasteiger partial charge in [0, 0.05) is 47.2 Å².